The fourth-order valence-corrected chi connectivity index (χ4v) is 1.91. The van der Waals surface area contributed by atoms with Gasteiger partial charge in [-0.2, -0.15) is 5.26 Å². The molecule has 0 aliphatic carbocycles. The minimum atomic E-state index is -0.0209. The van der Waals surface area contributed by atoms with Crippen LogP contribution in [0.3, 0.4) is 0 Å². The molecule has 0 unspecified atom stereocenters. The molecule has 0 N–H and O–H groups in total. The van der Waals surface area contributed by atoms with Crippen molar-refractivity contribution in [1.29, 1.82) is 5.26 Å². The van der Waals surface area contributed by atoms with Crippen molar-refractivity contribution in [2.45, 2.75) is 12.8 Å². The highest BCUT2D eigenvalue weighted by atomic mass is 16.1. The van der Waals surface area contributed by atoms with Gasteiger partial charge in [0.1, 0.15) is 0 Å². The van der Waals surface area contributed by atoms with E-state index in [9.17, 15) is 4.79 Å². The van der Waals surface area contributed by atoms with Crippen molar-refractivity contribution in [3.05, 3.63) is 34.2 Å². The molecular formula is C12H13N3O. The van der Waals surface area contributed by atoms with Crippen LogP contribution in [0, 0.1) is 11.3 Å². The Morgan fingerprint density at radius 2 is 1.94 bits per heavy atom. The van der Waals surface area contributed by atoms with E-state index < -0.39 is 0 Å². The van der Waals surface area contributed by atoms with Gasteiger partial charge in [-0.05, 0) is 24.1 Å². The van der Waals surface area contributed by atoms with Crippen LogP contribution in [0.5, 0.6) is 0 Å². The second-order valence-corrected chi connectivity index (χ2v) is 3.88. The number of aryl methyl sites for hydroxylation is 3. The van der Waals surface area contributed by atoms with Gasteiger partial charge in [0.25, 0.3) is 0 Å². The zero-order valence-corrected chi connectivity index (χ0v) is 9.40. The van der Waals surface area contributed by atoms with Crippen molar-refractivity contribution < 1.29 is 0 Å². The summed E-state index contributed by atoms with van der Waals surface area (Å²) >= 11 is 0. The quantitative estimate of drug-likeness (QED) is 0.759. The first-order chi connectivity index (χ1) is 7.65. The summed E-state index contributed by atoms with van der Waals surface area (Å²) in [5, 5.41) is 8.53. The Morgan fingerprint density at radius 1 is 1.25 bits per heavy atom. The Morgan fingerprint density at radius 3 is 2.62 bits per heavy atom. The molecular weight excluding hydrogens is 202 g/mol. The molecule has 0 aliphatic rings. The highest BCUT2D eigenvalue weighted by Crippen LogP contribution is 2.14. The smallest absolute Gasteiger partial charge is 0.295 e. The summed E-state index contributed by atoms with van der Waals surface area (Å²) in [5.41, 5.74) is 2.92. The summed E-state index contributed by atoms with van der Waals surface area (Å²) in [6.45, 7) is 0. The number of hydrogen-bond acceptors (Lipinski definition) is 2. The van der Waals surface area contributed by atoms with Gasteiger partial charge in [-0.1, -0.05) is 6.07 Å². The van der Waals surface area contributed by atoms with Crippen molar-refractivity contribution >= 4 is 11.0 Å². The molecule has 4 nitrogen and oxygen atoms in total. The predicted octanol–water partition coefficient (Wildman–Crippen LogP) is 1.33. The van der Waals surface area contributed by atoms with Crippen molar-refractivity contribution in [3.63, 3.8) is 0 Å². The maximum absolute atomic E-state index is 11.7. The number of nitrogens with zero attached hydrogens (tertiary/aromatic N) is 3. The third-order valence-corrected chi connectivity index (χ3v) is 2.86. The molecule has 0 radical (unpaired) electrons. The molecule has 4 heteroatoms. The molecule has 0 aliphatic heterocycles. The van der Waals surface area contributed by atoms with Crippen LogP contribution in [-0.2, 0) is 20.5 Å². The second kappa shape index (κ2) is 3.86. The average Bonchev–Trinajstić information content (AvgIpc) is 2.52. The lowest BCUT2D eigenvalue weighted by molar-refractivity contribution is 0.795. The lowest BCUT2D eigenvalue weighted by atomic mass is 10.1. The monoisotopic (exact) mass is 215 g/mol. The van der Waals surface area contributed by atoms with Crippen LogP contribution >= 0.6 is 0 Å². The molecule has 16 heavy (non-hydrogen) atoms. The summed E-state index contributed by atoms with van der Waals surface area (Å²) in [6.07, 6.45) is 1.24. The number of fused-ring (bicyclic) bond motifs is 1. The van der Waals surface area contributed by atoms with Crippen molar-refractivity contribution in [2.24, 2.45) is 14.1 Å². The number of nitriles is 1. The molecule has 0 atom stereocenters. The summed E-state index contributed by atoms with van der Waals surface area (Å²) in [7, 11) is 3.53. The topological polar surface area (TPSA) is 50.7 Å². The molecule has 2 rings (SSSR count). The molecule has 0 amide bonds. The van der Waals surface area contributed by atoms with E-state index >= 15 is 0 Å². The number of imidazole rings is 1. The van der Waals surface area contributed by atoms with Crippen LogP contribution in [0.4, 0.5) is 0 Å². The van der Waals surface area contributed by atoms with Gasteiger partial charge in [0.05, 0.1) is 17.1 Å². The summed E-state index contributed by atoms with van der Waals surface area (Å²) in [6, 6.07) is 8.01. The average molecular weight is 215 g/mol. The predicted molar refractivity (Wildman–Crippen MR) is 62.1 cm³/mol. The summed E-state index contributed by atoms with van der Waals surface area (Å²) in [5.74, 6) is 0. The standard InChI is InChI=1S/C12H13N3O/c1-14-10-6-5-9(4-3-7-13)8-11(10)15(2)12(14)16/h5-6,8H,3-4H2,1-2H3. The molecule has 0 saturated heterocycles. The van der Waals surface area contributed by atoms with Crippen molar-refractivity contribution in [3.8, 4) is 6.07 Å². The van der Waals surface area contributed by atoms with E-state index in [1.807, 2.05) is 18.2 Å². The van der Waals surface area contributed by atoms with Gasteiger partial charge in [0, 0.05) is 20.5 Å². The van der Waals surface area contributed by atoms with Gasteiger partial charge in [-0.3, -0.25) is 9.13 Å². The minimum Gasteiger partial charge on any atom is -0.295 e. The van der Waals surface area contributed by atoms with E-state index in [0.29, 0.717) is 6.42 Å². The van der Waals surface area contributed by atoms with Gasteiger partial charge < -0.3 is 0 Å². The first kappa shape index (κ1) is 10.5. The molecule has 0 bridgehead atoms. The Balaban J connectivity index is 2.59. The van der Waals surface area contributed by atoms with Crippen LogP contribution in [0.2, 0.25) is 0 Å². The first-order valence-corrected chi connectivity index (χ1v) is 5.16. The third-order valence-electron chi connectivity index (χ3n) is 2.86. The lowest BCUT2D eigenvalue weighted by Crippen LogP contribution is -2.19. The summed E-state index contributed by atoms with van der Waals surface area (Å²) < 4.78 is 3.26. The van der Waals surface area contributed by atoms with Crippen molar-refractivity contribution in [2.75, 3.05) is 0 Å². The fourth-order valence-electron chi connectivity index (χ4n) is 1.91. The Bertz CT molecular complexity index is 628. The van der Waals surface area contributed by atoms with Gasteiger partial charge in [0.2, 0.25) is 0 Å². The van der Waals surface area contributed by atoms with Crippen LogP contribution in [-0.4, -0.2) is 9.13 Å². The van der Waals surface area contributed by atoms with E-state index in [1.165, 1.54) is 0 Å². The second-order valence-electron chi connectivity index (χ2n) is 3.88. The van der Waals surface area contributed by atoms with Crippen LogP contribution in [0.15, 0.2) is 23.0 Å². The SMILES string of the molecule is Cn1c(=O)n(C)c2cc(CCC#N)ccc21. The van der Waals surface area contributed by atoms with E-state index in [4.69, 9.17) is 5.26 Å². The number of aromatic nitrogens is 2. The normalized spacial score (nSPS) is 10.6. The molecule has 0 fully saturated rings. The molecule has 0 spiro atoms. The minimum absolute atomic E-state index is 0.0209. The number of hydrogen-bond donors (Lipinski definition) is 0. The highest BCUT2D eigenvalue weighted by Gasteiger charge is 2.07. The zero-order valence-electron chi connectivity index (χ0n) is 9.40. The molecule has 1 heterocycles. The third kappa shape index (κ3) is 1.50. The Kier molecular flexibility index (Phi) is 2.53. The molecule has 2 aromatic rings. The molecule has 1 aromatic heterocycles. The zero-order chi connectivity index (χ0) is 11.7. The van der Waals surface area contributed by atoms with Crippen LogP contribution < -0.4 is 5.69 Å². The van der Waals surface area contributed by atoms with Gasteiger partial charge >= 0.3 is 5.69 Å². The maximum atomic E-state index is 11.7. The van der Waals surface area contributed by atoms with E-state index in [0.717, 1.165) is 23.0 Å². The molecule has 0 saturated carbocycles. The number of rotatable bonds is 2. The maximum Gasteiger partial charge on any atom is 0.328 e. The van der Waals surface area contributed by atoms with Gasteiger partial charge in [-0.25, -0.2) is 4.79 Å². The Hall–Kier alpha value is -2.02. The lowest BCUT2D eigenvalue weighted by Gasteiger charge is -1.99. The van der Waals surface area contributed by atoms with Gasteiger partial charge in [-0.15, -0.1) is 0 Å². The van der Waals surface area contributed by atoms with E-state index in [1.54, 1.807) is 23.2 Å². The van der Waals surface area contributed by atoms with E-state index in [-0.39, 0.29) is 5.69 Å². The van der Waals surface area contributed by atoms with E-state index in [2.05, 4.69) is 6.07 Å². The summed E-state index contributed by atoms with van der Waals surface area (Å²) in [4.78, 5) is 11.7. The van der Waals surface area contributed by atoms with Crippen LogP contribution in [0.1, 0.15) is 12.0 Å². The number of benzene rings is 1. The molecule has 1 aromatic carbocycles. The highest BCUT2D eigenvalue weighted by molar-refractivity contribution is 5.76. The largest absolute Gasteiger partial charge is 0.328 e. The molecule has 82 valence electrons. The van der Waals surface area contributed by atoms with Crippen LogP contribution in [0.25, 0.3) is 11.0 Å². The fraction of sp³-hybridized carbons (Fsp3) is 0.333. The van der Waals surface area contributed by atoms with Gasteiger partial charge in [0.15, 0.2) is 0 Å². The Labute approximate surface area is 93.3 Å². The first-order valence-electron chi connectivity index (χ1n) is 5.16. The van der Waals surface area contributed by atoms with Crippen molar-refractivity contribution in [1.82, 2.24) is 9.13 Å².